The first kappa shape index (κ1) is 63.7. The fourth-order valence-corrected chi connectivity index (χ4v) is 11.2. The Morgan fingerprint density at radius 1 is 0.400 bits per heavy atom. The average Bonchev–Trinajstić information content (AvgIpc) is 1.58. The Bertz CT molecular complexity index is 4290. The normalized spacial score (nSPS) is 11.9. The molecule has 18 nitrogen and oxygen atoms in total. The molecule has 0 unspecified atom stereocenters. The number of fused-ring (bicyclic) bond motifs is 9. The van der Waals surface area contributed by atoms with Crippen molar-refractivity contribution in [2.45, 2.75) is 138 Å². The summed E-state index contributed by atoms with van der Waals surface area (Å²) in [5.41, 5.74) is 14.9. The van der Waals surface area contributed by atoms with Gasteiger partial charge in [-0.15, -0.1) is 0 Å². The van der Waals surface area contributed by atoms with Crippen molar-refractivity contribution in [2.75, 3.05) is 51.5 Å². The topological polar surface area (TPSA) is 230 Å². The van der Waals surface area contributed by atoms with Crippen LogP contribution in [0.15, 0.2) is 164 Å². The van der Waals surface area contributed by atoms with Gasteiger partial charge < -0.3 is 60.9 Å². The van der Waals surface area contributed by atoms with Crippen LogP contribution in [0.2, 0.25) is 0 Å². The number of para-hydroxylation sites is 3. The second-order valence-corrected chi connectivity index (χ2v) is 25.0. The molecule has 0 spiro atoms. The number of hydrogen-bond donors (Lipinski definition) is 8. The summed E-state index contributed by atoms with van der Waals surface area (Å²) in [5.74, 6) is 4.24. The van der Waals surface area contributed by atoms with Gasteiger partial charge in [-0.2, -0.15) is 0 Å². The third-order valence-corrected chi connectivity index (χ3v) is 15.0. The van der Waals surface area contributed by atoms with E-state index in [1.165, 1.54) is 16.7 Å². The molecule has 6 aromatic heterocycles. The van der Waals surface area contributed by atoms with Gasteiger partial charge in [0.1, 0.15) is 16.6 Å². The van der Waals surface area contributed by atoms with E-state index in [1.807, 2.05) is 117 Å². The first-order chi connectivity index (χ1) is 43.3. The molecule has 90 heavy (non-hydrogen) atoms. The predicted molar refractivity (Wildman–Crippen MR) is 371 cm³/mol. The molecule has 0 radical (unpaired) electrons. The van der Waals surface area contributed by atoms with Crippen LogP contribution >= 0.6 is 0 Å². The quantitative estimate of drug-likeness (QED) is 0.0298. The maximum atomic E-state index is 10.8. The van der Waals surface area contributed by atoms with E-state index < -0.39 is 16.8 Å². The minimum Gasteiger partial charge on any atom is -0.389 e. The van der Waals surface area contributed by atoms with E-state index in [1.54, 1.807) is 13.8 Å². The van der Waals surface area contributed by atoms with Crippen molar-refractivity contribution in [3.63, 3.8) is 0 Å². The van der Waals surface area contributed by atoms with Gasteiger partial charge >= 0.3 is 0 Å². The molecular formula is C72H87N15O3. The van der Waals surface area contributed by atoms with Crippen LogP contribution in [0.1, 0.15) is 98.3 Å². The Labute approximate surface area is 527 Å². The monoisotopic (exact) mass is 1210 g/mol. The number of nitrogens with two attached hydrogens (primary N) is 1. The molecule has 0 bridgehead atoms. The third kappa shape index (κ3) is 15.4. The zero-order chi connectivity index (χ0) is 63.6. The number of nitrogen functional groups attached to an aromatic ring is 1. The van der Waals surface area contributed by atoms with Crippen LogP contribution in [0.4, 0.5) is 35.3 Å². The average molecular weight is 1210 g/mol. The molecule has 18 heteroatoms. The van der Waals surface area contributed by atoms with E-state index in [0.29, 0.717) is 56.6 Å². The van der Waals surface area contributed by atoms with Crippen molar-refractivity contribution in [2.24, 2.45) is 0 Å². The van der Waals surface area contributed by atoms with E-state index in [2.05, 4.69) is 145 Å². The smallest absolute Gasteiger partial charge is 0.204 e. The third-order valence-electron chi connectivity index (χ3n) is 15.0. The molecule has 0 atom stereocenters. The molecule has 468 valence electrons. The fraction of sp³-hybridized carbons (Fsp3) is 0.333. The number of imidazole rings is 3. The van der Waals surface area contributed by atoms with E-state index >= 15 is 0 Å². The minimum absolute atomic E-state index is 0.410. The molecule has 0 saturated carbocycles. The Kier molecular flexibility index (Phi) is 19.8. The summed E-state index contributed by atoms with van der Waals surface area (Å²) in [6.07, 6.45) is 2.95. The number of nitrogens with zero attached hydrogens (tertiary/aromatic N) is 10. The van der Waals surface area contributed by atoms with Gasteiger partial charge in [0.25, 0.3) is 0 Å². The molecule has 0 aliphatic carbocycles. The maximum absolute atomic E-state index is 10.8. The molecule has 0 aliphatic rings. The number of aromatic nitrogens is 9. The Hall–Kier alpha value is -9.36. The highest BCUT2D eigenvalue weighted by Crippen LogP contribution is 2.38. The zero-order valence-corrected chi connectivity index (χ0v) is 53.5. The van der Waals surface area contributed by atoms with E-state index in [0.717, 1.165) is 123 Å². The van der Waals surface area contributed by atoms with Crippen LogP contribution in [0.25, 0.3) is 65.8 Å². The number of hydrogen-bond acceptors (Lipinski definition) is 15. The van der Waals surface area contributed by atoms with Gasteiger partial charge in [0.2, 0.25) is 17.8 Å². The number of pyridine rings is 3. The number of benzene rings is 6. The number of aliphatic hydroxyl groups is 3. The van der Waals surface area contributed by atoms with Crippen molar-refractivity contribution in [1.29, 1.82) is 0 Å². The van der Waals surface area contributed by atoms with Gasteiger partial charge in [-0.3, -0.25) is 0 Å². The van der Waals surface area contributed by atoms with E-state index in [9.17, 15) is 15.3 Å². The fourth-order valence-electron chi connectivity index (χ4n) is 11.2. The summed E-state index contributed by atoms with van der Waals surface area (Å²) < 4.78 is 6.22. The number of nitrogens with one attached hydrogen (secondary N) is 4. The van der Waals surface area contributed by atoms with Crippen LogP contribution in [-0.2, 0) is 39.3 Å². The Balaban J connectivity index is 0.000000153. The second-order valence-electron chi connectivity index (χ2n) is 25.0. The summed E-state index contributed by atoms with van der Waals surface area (Å²) in [7, 11) is 0. The molecule has 12 rings (SSSR count). The lowest BCUT2D eigenvalue weighted by Crippen LogP contribution is -2.27. The zero-order valence-electron chi connectivity index (χ0n) is 53.5. The SMILES string of the molecule is CCCNc1nc2c(N(Cc3ccccc3)Cc3ccccc3)nc3ccccc3c2n1CC(C)(C)O.CCCNc1nc2c(N)nc3ccccc3c2n1CC(C)(C)O.CCCNc1nc2c(NCc3ccccc3)nc3ccccc3c2n1CC(C)(C)O. The molecule has 6 aromatic carbocycles. The minimum atomic E-state index is -0.908. The highest BCUT2D eigenvalue weighted by Gasteiger charge is 2.28. The van der Waals surface area contributed by atoms with Crippen molar-refractivity contribution < 1.29 is 15.3 Å². The molecule has 0 saturated heterocycles. The van der Waals surface area contributed by atoms with Crippen molar-refractivity contribution in [1.82, 2.24) is 43.6 Å². The largest absolute Gasteiger partial charge is 0.389 e. The number of anilines is 6. The van der Waals surface area contributed by atoms with Crippen molar-refractivity contribution in [3.05, 3.63) is 180 Å². The standard InChI is InChI=1S/C31H35N5O.C24H29N5O.C17H23N5O/c1-4-19-32-30-34-27-28(36(30)22-31(2,3)37)25-17-11-12-18-26(25)33-29(27)35(20-23-13-7-5-8-14-23)21-24-15-9-6-10-16-24;1-4-14-25-23-28-20-21(29(23)16-24(2,3)30)18-12-8-9-13-19(18)27-22(20)26-15-17-10-6-5-7-11-17;1-4-9-19-16-21-13-14(22(16)10-17(2,3)23)11-7-5-6-8-12(11)20-15(13)18/h5-18,37H,4,19-22H2,1-3H3,(H,32,34);5-13,30H,4,14-16H2,1-3H3,(H,25,28)(H,26,27);5-8,23H,4,9-10H2,1-3H3,(H2,18,20)(H,19,21). The van der Waals surface area contributed by atoms with Crippen LogP contribution in [0, 0.1) is 0 Å². The molecule has 0 fully saturated rings. The second kappa shape index (κ2) is 28.0. The van der Waals surface area contributed by atoms with Crippen molar-refractivity contribution in [3.8, 4) is 0 Å². The van der Waals surface area contributed by atoms with Gasteiger partial charge in [0.15, 0.2) is 17.5 Å². The Morgan fingerprint density at radius 2 is 0.744 bits per heavy atom. The molecule has 6 heterocycles. The van der Waals surface area contributed by atoms with E-state index in [4.69, 9.17) is 25.7 Å². The molecule has 0 amide bonds. The van der Waals surface area contributed by atoms with Gasteiger partial charge in [0, 0.05) is 55.4 Å². The van der Waals surface area contributed by atoms with Gasteiger partial charge in [-0.25, -0.2) is 29.9 Å². The first-order valence-corrected chi connectivity index (χ1v) is 31.4. The predicted octanol–water partition coefficient (Wildman–Crippen LogP) is 13.9. The van der Waals surface area contributed by atoms with Gasteiger partial charge in [0.05, 0.1) is 69.5 Å². The Morgan fingerprint density at radius 3 is 1.17 bits per heavy atom. The summed E-state index contributed by atoms with van der Waals surface area (Å²) in [4.78, 5) is 31.5. The molecular weight excluding hydrogens is 1120 g/mol. The summed E-state index contributed by atoms with van der Waals surface area (Å²) in [6, 6.07) is 55.4. The summed E-state index contributed by atoms with van der Waals surface area (Å²) in [5, 5.41) is 48.5. The lowest BCUT2D eigenvalue weighted by atomic mass is 10.1. The summed E-state index contributed by atoms with van der Waals surface area (Å²) in [6.45, 7) is 23.0. The maximum Gasteiger partial charge on any atom is 0.204 e. The first-order valence-electron chi connectivity index (χ1n) is 31.4. The van der Waals surface area contributed by atoms with E-state index in [-0.39, 0.29) is 0 Å². The lowest BCUT2D eigenvalue weighted by Gasteiger charge is -2.25. The molecule has 12 aromatic rings. The number of rotatable bonds is 23. The highest BCUT2D eigenvalue weighted by atomic mass is 16.3. The summed E-state index contributed by atoms with van der Waals surface area (Å²) >= 11 is 0. The van der Waals surface area contributed by atoms with Gasteiger partial charge in [-0.1, -0.05) is 166 Å². The molecule has 9 N–H and O–H groups in total. The van der Waals surface area contributed by atoms with Gasteiger partial charge in [-0.05, 0) is 95.7 Å². The highest BCUT2D eigenvalue weighted by molar-refractivity contribution is 6.10. The van der Waals surface area contributed by atoms with Crippen LogP contribution in [-0.4, -0.2) is 95.4 Å². The molecule has 0 aliphatic heterocycles. The van der Waals surface area contributed by atoms with Crippen LogP contribution < -0.4 is 31.9 Å². The van der Waals surface area contributed by atoms with Crippen LogP contribution in [0.5, 0.6) is 0 Å². The van der Waals surface area contributed by atoms with Crippen LogP contribution in [0.3, 0.4) is 0 Å². The lowest BCUT2D eigenvalue weighted by molar-refractivity contribution is 0.0627. The van der Waals surface area contributed by atoms with Crippen molar-refractivity contribution >= 4 is 101 Å².